The Hall–Kier alpha value is 0.390. The minimum Gasteiger partial charge on any atom is -0.366 e. The Balaban J connectivity index is -0.0000000450. The van der Waals surface area contributed by atoms with E-state index in [2.05, 4.69) is 14.0 Å². The molecule has 0 aliphatic heterocycles. The van der Waals surface area contributed by atoms with Crippen LogP contribution in [0.4, 0.5) is 0 Å². The summed E-state index contributed by atoms with van der Waals surface area (Å²) in [6.07, 6.45) is 0. The van der Waals surface area contributed by atoms with Crippen LogP contribution in [0, 0.1) is 0 Å². The molecule has 0 fully saturated rings. The van der Waals surface area contributed by atoms with E-state index in [9.17, 15) is 0 Å². The van der Waals surface area contributed by atoms with Crippen molar-refractivity contribution < 1.29 is 7.38 Å². The fourth-order valence-electron chi connectivity index (χ4n) is 0. The predicted molar refractivity (Wildman–Crippen MR) is 25.6 cm³/mol. The third-order valence-corrected chi connectivity index (χ3v) is 0.500. The summed E-state index contributed by atoms with van der Waals surface area (Å²) in [5.74, 6) is 0. The second-order valence-corrected chi connectivity index (χ2v) is 0.789. The maximum atomic E-state index is 4.46. The molecule has 0 heterocycles. The Morgan fingerprint density at radius 2 is 2.50 bits per heavy atom. The zero-order valence-corrected chi connectivity index (χ0v) is 3.85. The van der Waals surface area contributed by atoms with Crippen LogP contribution in [0.15, 0.2) is 0 Å². The van der Waals surface area contributed by atoms with Crippen LogP contribution in [0.2, 0.25) is 0 Å². The first-order valence-corrected chi connectivity index (χ1v) is 1.70. The molecule has 0 aromatic carbocycles. The zero-order valence-electron chi connectivity index (χ0n) is 2.69. The van der Waals surface area contributed by atoms with E-state index in [1.807, 2.05) is 6.92 Å². The molecular formula is C2H11OP. The van der Waals surface area contributed by atoms with Crippen LogP contribution in [-0.4, -0.2) is 6.61 Å². The number of hydrogen-bond acceptors (Lipinski definition) is 1. The lowest BCUT2D eigenvalue weighted by molar-refractivity contribution is 0.400. The highest BCUT2D eigenvalue weighted by atomic mass is 31.0. The van der Waals surface area contributed by atoms with Crippen LogP contribution in [0.25, 0.3) is 0 Å². The van der Waals surface area contributed by atoms with Gasteiger partial charge >= 0.3 is 0 Å². The van der Waals surface area contributed by atoms with E-state index in [1.54, 1.807) is 0 Å². The van der Waals surface area contributed by atoms with Gasteiger partial charge in [-0.05, 0) is 6.92 Å². The standard InChI is InChI=1S/C2H7OP.2H2/c1-2-3-4;;/h2,4H2,1H3;2*1H. The van der Waals surface area contributed by atoms with Gasteiger partial charge in [0.15, 0.2) is 0 Å². The summed E-state index contributed by atoms with van der Waals surface area (Å²) in [7, 11) is 2.16. The van der Waals surface area contributed by atoms with E-state index in [4.69, 9.17) is 0 Å². The molecule has 0 radical (unpaired) electrons. The Morgan fingerprint density at radius 3 is 2.50 bits per heavy atom. The first-order chi connectivity index (χ1) is 1.91. The zero-order chi connectivity index (χ0) is 3.41. The van der Waals surface area contributed by atoms with Gasteiger partial charge in [0.25, 0.3) is 0 Å². The summed E-state index contributed by atoms with van der Waals surface area (Å²) in [6.45, 7) is 2.72. The normalized spacial score (nSPS) is 7.50. The molecule has 0 aromatic heterocycles. The van der Waals surface area contributed by atoms with Crippen molar-refractivity contribution in [2.75, 3.05) is 6.61 Å². The molecule has 0 aromatic rings. The van der Waals surface area contributed by atoms with Crippen molar-refractivity contribution in [3.8, 4) is 0 Å². The Morgan fingerprint density at radius 1 is 2.25 bits per heavy atom. The molecular weight excluding hydrogens is 71.0 g/mol. The van der Waals surface area contributed by atoms with Gasteiger partial charge in [-0.2, -0.15) is 0 Å². The van der Waals surface area contributed by atoms with Gasteiger partial charge in [-0.1, -0.05) is 0 Å². The molecule has 0 saturated carbocycles. The molecule has 0 spiro atoms. The van der Waals surface area contributed by atoms with Crippen molar-refractivity contribution in [3.63, 3.8) is 0 Å². The fraction of sp³-hybridized carbons (Fsp3) is 1.00. The van der Waals surface area contributed by atoms with Gasteiger partial charge in [0.05, 0.1) is 0 Å². The van der Waals surface area contributed by atoms with Gasteiger partial charge in [0, 0.05) is 18.9 Å². The summed E-state index contributed by atoms with van der Waals surface area (Å²) >= 11 is 0. The highest BCUT2D eigenvalue weighted by molar-refractivity contribution is 7.09. The lowest BCUT2D eigenvalue weighted by Gasteiger charge is -1.75. The largest absolute Gasteiger partial charge is 0.366 e. The number of rotatable bonds is 1. The summed E-state index contributed by atoms with van der Waals surface area (Å²) in [5.41, 5.74) is 0. The molecule has 0 N–H and O–H groups in total. The molecule has 1 unspecified atom stereocenters. The second kappa shape index (κ2) is 3.39. The minimum atomic E-state index is 0. The van der Waals surface area contributed by atoms with Crippen molar-refractivity contribution in [1.29, 1.82) is 0 Å². The summed E-state index contributed by atoms with van der Waals surface area (Å²) < 4.78 is 4.46. The predicted octanol–water partition coefficient (Wildman–Crippen LogP) is 1.30. The Kier molecular flexibility index (Phi) is 3.72. The molecule has 0 aliphatic rings. The molecule has 1 atom stereocenters. The van der Waals surface area contributed by atoms with Crippen LogP contribution in [-0.2, 0) is 4.52 Å². The van der Waals surface area contributed by atoms with E-state index in [0.717, 1.165) is 6.61 Å². The van der Waals surface area contributed by atoms with E-state index in [0.29, 0.717) is 0 Å². The highest BCUT2D eigenvalue weighted by Gasteiger charge is 1.51. The lowest BCUT2D eigenvalue weighted by Crippen LogP contribution is -1.63. The molecule has 4 heavy (non-hydrogen) atoms. The van der Waals surface area contributed by atoms with Crippen LogP contribution < -0.4 is 0 Å². The van der Waals surface area contributed by atoms with Crippen molar-refractivity contribution in [1.82, 2.24) is 0 Å². The second-order valence-electron chi connectivity index (χ2n) is 0.455. The summed E-state index contributed by atoms with van der Waals surface area (Å²) in [6, 6.07) is 0. The third-order valence-electron chi connectivity index (χ3n) is 0.167. The van der Waals surface area contributed by atoms with Crippen molar-refractivity contribution in [2.24, 2.45) is 0 Å². The molecule has 2 heteroatoms. The quantitative estimate of drug-likeness (QED) is 0.433. The average molecular weight is 82.1 g/mol. The van der Waals surface area contributed by atoms with Gasteiger partial charge in [-0.25, -0.2) is 0 Å². The van der Waals surface area contributed by atoms with Crippen molar-refractivity contribution in [3.05, 3.63) is 0 Å². The van der Waals surface area contributed by atoms with Crippen LogP contribution in [0.1, 0.15) is 9.78 Å². The molecule has 0 amide bonds. The van der Waals surface area contributed by atoms with E-state index in [1.165, 1.54) is 0 Å². The lowest BCUT2D eigenvalue weighted by atomic mass is 10.9. The average Bonchev–Trinajstić information content (AvgIpc) is 1.37. The topological polar surface area (TPSA) is 9.23 Å². The SMILES string of the molecule is CCOP.[HH].[HH]. The van der Waals surface area contributed by atoms with Gasteiger partial charge < -0.3 is 4.52 Å². The van der Waals surface area contributed by atoms with E-state index < -0.39 is 0 Å². The van der Waals surface area contributed by atoms with E-state index >= 15 is 0 Å². The monoisotopic (exact) mass is 82.1 g/mol. The van der Waals surface area contributed by atoms with Gasteiger partial charge in [-0.15, -0.1) is 0 Å². The first kappa shape index (κ1) is 4.39. The molecule has 1 nitrogen and oxygen atoms in total. The molecule has 0 rings (SSSR count). The van der Waals surface area contributed by atoms with Crippen LogP contribution in [0.3, 0.4) is 0 Å². The number of hydrogen-bond donors (Lipinski definition) is 0. The van der Waals surface area contributed by atoms with Crippen LogP contribution >= 0.6 is 9.47 Å². The Bertz CT molecular complexity index is 13.5. The fourth-order valence-corrected chi connectivity index (χ4v) is 0. The highest BCUT2D eigenvalue weighted by Crippen LogP contribution is 1.77. The third kappa shape index (κ3) is 2.39. The molecule has 0 bridgehead atoms. The molecule has 0 aliphatic carbocycles. The first-order valence-electron chi connectivity index (χ1n) is 1.23. The van der Waals surface area contributed by atoms with Gasteiger partial charge in [0.2, 0.25) is 0 Å². The maximum absolute atomic E-state index is 4.46. The molecule has 30 valence electrons. The van der Waals surface area contributed by atoms with Crippen molar-refractivity contribution >= 4 is 9.47 Å². The minimum absolute atomic E-state index is 0. The van der Waals surface area contributed by atoms with Gasteiger partial charge in [0.1, 0.15) is 0 Å². The maximum Gasteiger partial charge on any atom is 0.0473 e. The smallest absolute Gasteiger partial charge is 0.0473 e. The summed E-state index contributed by atoms with van der Waals surface area (Å²) in [4.78, 5) is 0. The summed E-state index contributed by atoms with van der Waals surface area (Å²) in [5, 5.41) is 0. The van der Waals surface area contributed by atoms with Gasteiger partial charge in [-0.3, -0.25) is 0 Å². The molecule has 0 saturated heterocycles. The van der Waals surface area contributed by atoms with Crippen LogP contribution in [0.5, 0.6) is 0 Å². The van der Waals surface area contributed by atoms with Crippen molar-refractivity contribution in [2.45, 2.75) is 6.92 Å². The van der Waals surface area contributed by atoms with E-state index in [-0.39, 0.29) is 2.85 Å². The Labute approximate surface area is 31.6 Å².